The average molecular weight is 356 g/mol. The van der Waals surface area contributed by atoms with Gasteiger partial charge in [0.15, 0.2) is 0 Å². The first-order chi connectivity index (χ1) is 12.4. The van der Waals surface area contributed by atoms with Crippen LogP contribution in [0.4, 0.5) is 4.79 Å². The molecule has 0 unspecified atom stereocenters. The summed E-state index contributed by atoms with van der Waals surface area (Å²) in [7, 11) is 0. The lowest BCUT2D eigenvalue weighted by molar-refractivity contribution is 0.0217. The van der Waals surface area contributed by atoms with Crippen LogP contribution < -0.4 is 0 Å². The van der Waals surface area contributed by atoms with Gasteiger partial charge in [-0.05, 0) is 69.7 Å². The van der Waals surface area contributed by atoms with E-state index in [9.17, 15) is 4.79 Å². The topological polar surface area (TPSA) is 62.7 Å². The normalized spacial score (nSPS) is 14.5. The third-order valence-corrected chi connectivity index (χ3v) is 4.42. The number of aromatic nitrogens is 1. The molecule has 1 aliphatic rings. The smallest absolute Gasteiger partial charge is 0.410 e. The highest BCUT2D eigenvalue weighted by atomic mass is 16.6. The molecule has 0 bridgehead atoms. The number of aliphatic hydroxyl groups excluding tert-OH is 1. The zero-order valence-corrected chi connectivity index (χ0v) is 15.9. The monoisotopic (exact) mass is 356 g/mol. The van der Waals surface area contributed by atoms with E-state index in [1.807, 2.05) is 37.8 Å². The molecule has 0 saturated heterocycles. The average Bonchev–Trinajstić information content (AvgIpc) is 3.40. The number of hydrogen-bond acceptors (Lipinski definition) is 4. The van der Waals surface area contributed by atoms with E-state index in [1.165, 1.54) is 0 Å². The molecule has 1 aliphatic carbocycles. The van der Waals surface area contributed by atoms with Crippen LogP contribution in [0, 0.1) is 0 Å². The predicted molar refractivity (Wildman–Crippen MR) is 102 cm³/mol. The summed E-state index contributed by atoms with van der Waals surface area (Å²) in [5, 5.41) is 10.2. The molecule has 140 valence electrons. The van der Waals surface area contributed by atoms with Crippen molar-refractivity contribution in [1.82, 2.24) is 9.88 Å². The summed E-state index contributed by atoms with van der Waals surface area (Å²) < 4.78 is 5.61. The fourth-order valence-electron chi connectivity index (χ4n) is 3.12. The van der Waals surface area contributed by atoms with E-state index in [-0.39, 0.29) is 18.7 Å². The van der Waals surface area contributed by atoms with E-state index in [2.05, 4.69) is 17.1 Å². The van der Waals surface area contributed by atoms with Gasteiger partial charge in [0.2, 0.25) is 0 Å². The molecule has 3 rings (SSSR count). The molecule has 1 N–H and O–H groups in total. The van der Waals surface area contributed by atoms with Crippen molar-refractivity contribution in [3.63, 3.8) is 0 Å². The number of amides is 1. The second kappa shape index (κ2) is 7.62. The highest BCUT2D eigenvalue weighted by Gasteiger charge is 2.35. The quantitative estimate of drug-likeness (QED) is 0.848. The molecule has 1 aromatic carbocycles. The standard InChI is InChI=1S/C21H28N2O3/c1-21(2,3)26-20(25)23(18-8-9-18)14-17-13-15(6-5-11-24)12-16-7-4-10-22-19(16)17/h4,7,10,12-13,18,24H,5-6,8-9,11,14H2,1-3H3. The molecule has 26 heavy (non-hydrogen) atoms. The number of carbonyl (C=O) groups excluding carboxylic acids is 1. The third-order valence-electron chi connectivity index (χ3n) is 4.42. The Morgan fingerprint density at radius 1 is 1.35 bits per heavy atom. The highest BCUT2D eigenvalue weighted by Crippen LogP contribution is 2.31. The Labute approximate surface area is 155 Å². The molecule has 1 fully saturated rings. The summed E-state index contributed by atoms with van der Waals surface area (Å²) >= 11 is 0. The highest BCUT2D eigenvalue weighted by molar-refractivity contribution is 5.83. The number of nitrogens with zero attached hydrogens (tertiary/aromatic N) is 2. The fourth-order valence-corrected chi connectivity index (χ4v) is 3.12. The number of rotatable bonds is 6. The summed E-state index contributed by atoms with van der Waals surface area (Å²) in [6.45, 7) is 6.35. The molecule has 2 aromatic rings. The molecule has 0 spiro atoms. The Balaban J connectivity index is 1.90. The van der Waals surface area contributed by atoms with E-state index >= 15 is 0 Å². The maximum atomic E-state index is 12.7. The lowest BCUT2D eigenvalue weighted by atomic mass is 10.0. The van der Waals surface area contributed by atoms with Crippen LogP contribution in [-0.4, -0.2) is 39.3 Å². The molecular weight excluding hydrogens is 328 g/mol. The number of hydrogen-bond donors (Lipinski definition) is 1. The summed E-state index contributed by atoms with van der Waals surface area (Å²) in [5.41, 5.74) is 2.62. The van der Waals surface area contributed by atoms with Crippen LogP contribution >= 0.6 is 0 Å². The number of ether oxygens (including phenoxy) is 1. The van der Waals surface area contributed by atoms with Crippen LogP contribution in [0.25, 0.3) is 10.9 Å². The predicted octanol–water partition coefficient (Wildman–Crippen LogP) is 4.06. The van der Waals surface area contributed by atoms with Crippen LogP contribution in [-0.2, 0) is 17.7 Å². The van der Waals surface area contributed by atoms with Gasteiger partial charge in [-0.2, -0.15) is 0 Å². The summed E-state index contributed by atoms with van der Waals surface area (Å²) in [6.07, 6.45) is 5.11. The first-order valence-corrected chi connectivity index (χ1v) is 9.34. The van der Waals surface area contributed by atoms with E-state index in [0.29, 0.717) is 6.54 Å². The molecule has 0 aliphatic heterocycles. The maximum Gasteiger partial charge on any atom is 0.410 e. The molecule has 1 saturated carbocycles. The van der Waals surface area contributed by atoms with Crippen LogP contribution in [0.1, 0.15) is 51.2 Å². The minimum Gasteiger partial charge on any atom is -0.444 e. The second-order valence-electron chi connectivity index (χ2n) is 8.00. The molecule has 5 nitrogen and oxygen atoms in total. The van der Waals surface area contributed by atoms with Crippen LogP contribution in [0.5, 0.6) is 0 Å². The zero-order valence-electron chi connectivity index (χ0n) is 15.9. The Bertz CT molecular complexity index is 778. The van der Waals surface area contributed by atoms with Gasteiger partial charge in [0.1, 0.15) is 5.60 Å². The Morgan fingerprint density at radius 3 is 2.77 bits per heavy atom. The van der Waals surface area contributed by atoms with E-state index in [0.717, 1.165) is 47.7 Å². The largest absolute Gasteiger partial charge is 0.444 e. The van der Waals surface area contributed by atoms with Crippen molar-refractivity contribution < 1.29 is 14.6 Å². The number of aryl methyl sites for hydroxylation is 1. The summed E-state index contributed by atoms with van der Waals surface area (Å²) in [4.78, 5) is 19.1. The van der Waals surface area contributed by atoms with Gasteiger partial charge >= 0.3 is 6.09 Å². The maximum absolute atomic E-state index is 12.7. The molecular formula is C21H28N2O3. The third kappa shape index (κ3) is 4.73. The number of benzene rings is 1. The summed E-state index contributed by atoms with van der Waals surface area (Å²) in [5.74, 6) is 0. The minimum atomic E-state index is -0.506. The van der Waals surface area contributed by atoms with Gasteiger partial charge in [-0.25, -0.2) is 4.79 Å². The van der Waals surface area contributed by atoms with Gasteiger partial charge in [-0.15, -0.1) is 0 Å². The first-order valence-electron chi connectivity index (χ1n) is 9.34. The van der Waals surface area contributed by atoms with E-state index in [1.54, 1.807) is 6.20 Å². The van der Waals surface area contributed by atoms with Crippen LogP contribution in [0.2, 0.25) is 0 Å². The molecule has 0 atom stereocenters. The molecule has 0 radical (unpaired) electrons. The van der Waals surface area contributed by atoms with Gasteiger partial charge in [-0.3, -0.25) is 4.98 Å². The van der Waals surface area contributed by atoms with Crippen LogP contribution in [0.15, 0.2) is 30.5 Å². The van der Waals surface area contributed by atoms with Crippen molar-refractivity contribution in [2.24, 2.45) is 0 Å². The lowest BCUT2D eigenvalue weighted by Crippen LogP contribution is -2.37. The van der Waals surface area contributed by atoms with Gasteiger partial charge < -0.3 is 14.7 Å². The van der Waals surface area contributed by atoms with Crippen LogP contribution in [0.3, 0.4) is 0 Å². The van der Waals surface area contributed by atoms with Crippen molar-refractivity contribution >= 4 is 17.0 Å². The molecule has 1 amide bonds. The number of carbonyl (C=O) groups is 1. The van der Waals surface area contributed by atoms with Gasteiger partial charge in [0.25, 0.3) is 0 Å². The van der Waals surface area contributed by atoms with Crippen molar-refractivity contribution in [2.45, 2.75) is 64.6 Å². The fraction of sp³-hybridized carbons (Fsp3) is 0.524. The lowest BCUT2D eigenvalue weighted by Gasteiger charge is -2.28. The van der Waals surface area contributed by atoms with E-state index in [4.69, 9.17) is 9.84 Å². The van der Waals surface area contributed by atoms with E-state index < -0.39 is 5.60 Å². The molecule has 1 aromatic heterocycles. The Hall–Kier alpha value is -2.14. The SMILES string of the molecule is CC(C)(C)OC(=O)N(Cc1cc(CCCO)cc2cccnc12)C1CC1. The van der Waals surface area contributed by atoms with Crippen molar-refractivity contribution in [2.75, 3.05) is 6.61 Å². The van der Waals surface area contributed by atoms with Gasteiger partial charge in [0, 0.05) is 24.2 Å². The van der Waals surface area contributed by atoms with Crippen molar-refractivity contribution in [3.05, 3.63) is 41.6 Å². The first kappa shape index (κ1) is 18.6. The Morgan fingerprint density at radius 2 is 2.12 bits per heavy atom. The van der Waals surface area contributed by atoms with Gasteiger partial charge in [0.05, 0.1) is 12.1 Å². The Kier molecular flexibility index (Phi) is 5.47. The zero-order chi connectivity index (χ0) is 18.7. The summed E-state index contributed by atoms with van der Waals surface area (Å²) in [6, 6.07) is 8.46. The second-order valence-corrected chi connectivity index (χ2v) is 8.00. The molecule has 1 heterocycles. The number of aliphatic hydroxyl groups is 1. The number of pyridine rings is 1. The minimum absolute atomic E-state index is 0.173. The van der Waals surface area contributed by atoms with Crippen molar-refractivity contribution in [1.29, 1.82) is 0 Å². The number of fused-ring (bicyclic) bond motifs is 1. The molecule has 5 heteroatoms. The van der Waals surface area contributed by atoms with Crippen molar-refractivity contribution in [3.8, 4) is 0 Å². The van der Waals surface area contributed by atoms with Gasteiger partial charge in [-0.1, -0.05) is 12.1 Å².